The van der Waals surface area contributed by atoms with E-state index >= 15 is 0 Å². The van der Waals surface area contributed by atoms with Gasteiger partial charge in [0.25, 0.3) is 5.88 Å². The molecule has 0 aliphatic carbocycles. The zero-order valence-corrected chi connectivity index (χ0v) is 17.2. The highest BCUT2D eigenvalue weighted by Crippen LogP contribution is 2.37. The lowest BCUT2D eigenvalue weighted by molar-refractivity contribution is 0.0999. The van der Waals surface area contributed by atoms with E-state index in [0.29, 0.717) is 21.5 Å². The molecule has 2 aromatic heterocycles. The summed E-state index contributed by atoms with van der Waals surface area (Å²) >= 11 is 6.46. The lowest BCUT2D eigenvalue weighted by Gasteiger charge is -2.12. The summed E-state index contributed by atoms with van der Waals surface area (Å²) < 4.78 is 9.96. The third kappa shape index (κ3) is 3.76. The van der Waals surface area contributed by atoms with Gasteiger partial charge in [-0.05, 0) is 28.4 Å². The van der Waals surface area contributed by atoms with Crippen molar-refractivity contribution < 1.29 is 29.4 Å². The number of fused-ring (bicyclic) bond motifs is 1. The van der Waals surface area contributed by atoms with Crippen LogP contribution in [0.2, 0.25) is 5.02 Å². The maximum Gasteiger partial charge on any atom is 0.254 e. The number of aromatic hydroxyl groups is 1. The number of aromatic amines is 1. The Labute approximate surface area is 181 Å². The van der Waals surface area contributed by atoms with Crippen LogP contribution in [-0.2, 0) is 0 Å². The van der Waals surface area contributed by atoms with E-state index in [0.717, 1.165) is 11.1 Å². The summed E-state index contributed by atoms with van der Waals surface area (Å²) in [6.07, 6.45) is 0. The Kier molecular flexibility index (Phi) is 5.69. The zero-order valence-electron chi connectivity index (χ0n) is 16.4. The smallest absolute Gasteiger partial charge is 0.254 e. The molecule has 0 radical (unpaired) electrons. The van der Waals surface area contributed by atoms with Gasteiger partial charge in [0.2, 0.25) is 17.4 Å². The number of ether oxygens (including phenoxy) is 1. The highest BCUT2D eigenvalue weighted by molar-refractivity contribution is 6.34. The minimum atomic E-state index is -0.558. The molecule has 160 valence electrons. The fourth-order valence-electron chi connectivity index (χ4n) is 3.44. The van der Waals surface area contributed by atoms with Crippen molar-refractivity contribution in [3.05, 3.63) is 64.4 Å². The highest BCUT2D eigenvalue weighted by Gasteiger charge is 2.25. The van der Waals surface area contributed by atoms with E-state index in [9.17, 15) is 20.1 Å². The largest absolute Gasteiger partial charge is 0.494 e. The molecular weight excluding hydrogens is 424 g/mol. The lowest BCUT2D eigenvalue weighted by Crippen LogP contribution is -2.08. The number of halogens is 1. The molecule has 0 saturated carbocycles. The average molecular weight is 443 g/mol. The number of carbonyl (C=O) groups is 1. The monoisotopic (exact) mass is 442 g/mol. The summed E-state index contributed by atoms with van der Waals surface area (Å²) in [6, 6.07) is 11.9. The normalized spacial score (nSPS) is 11.4. The summed E-state index contributed by atoms with van der Waals surface area (Å²) in [4.78, 5) is 15.7. The number of ketones is 1. The SMILES string of the molecule is COc1cc(C(=O)c2c(O)[nH]c3cc(Cl)c(-c4ccc(C(CO)CO)cc4)cc23)on1. The standard InChI is InChI=1S/C22H19ClN2O6/c1-30-19-8-18(31-25-19)21(28)20-15-6-14(16(23)7-17(15)24-22(20)29)12-4-2-11(3-5-12)13(9-26)10-27/h2-8,13,24,26-27,29H,9-10H2,1H3. The van der Waals surface area contributed by atoms with Gasteiger partial charge in [-0.3, -0.25) is 4.79 Å². The fourth-order valence-corrected chi connectivity index (χ4v) is 3.71. The van der Waals surface area contributed by atoms with Gasteiger partial charge in [0.05, 0.1) is 42.5 Å². The van der Waals surface area contributed by atoms with Crippen LogP contribution in [0, 0.1) is 0 Å². The Morgan fingerprint density at radius 1 is 1.19 bits per heavy atom. The number of hydrogen-bond acceptors (Lipinski definition) is 7. The van der Waals surface area contributed by atoms with Crippen molar-refractivity contribution in [3.8, 4) is 22.9 Å². The molecule has 31 heavy (non-hydrogen) atoms. The number of hydrogen-bond donors (Lipinski definition) is 4. The van der Waals surface area contributed by atoms with Gasteiger partial charge in [-0.1, -0.05) is 35.9 Å². The number of benzene rings is 2. The number of aliphatic hydroxyl groups excluding tert-OH is 2. The molecule has 4 rings (SSSR count). The molecule has 0 atom stereocenters. The molecule has 0 fully saturated rings. The van der Waals surface area contributed by atoms with Crippen LogP contribution < -0.4 is 4.74 Å². The molecule has 9 heteroatoms. The quantitative estimate of drug-likeness (QED) is 0.322. The second-order valence-electron chi connectivity index (χ2n) is 6.97. The molecule has 0 unspecified atom stereocenters. The van der Waals surface area contributed by atoms with Crippen molar-refractivity contribution in [2.45, 2.75) is 5.92 Å². The van der Waals surface area contributed by atoms with Crippen LogP contribution in [0.4, 0.5) is 0 Å². The third-order valence-corrected chi connectivity index (χ3v) is 5.46. The maximum atomic E-state index is 12.9. The zero-order chi connectivity index (χ0) is 22.1. The van der Waals surface area contributed by atoms with Crippen molar-refractivity contribution >= 4 is 28.3 Å². The first-order valence-electron chi connectivity index (χ1n) is 9.38. The summed E-state index contributed by atoms with van der Waals surface area (Å²) in [5.41, 5.74) is 2.72. The second-order valence-corrected chi connectivity index (χ2v) is 7.38. The van der Waals surface area contributed by atoms with E-state index in [4.69, 9.17) is 20.9 Å². The number of aromatic nitrogens is 2. The molecule has 4 aromatic rings. The molecule has 0 saturated heterocycles. The van der Waals surface area contributed by atoms with E-state index in [1.54, 1.807) is 24.3 Å². The third-order valence-electron chi connectivity index (χ3n) is 5.15. The maximum absolute atomic E-state index is 12.9. The predicted octanol–water partition coefficient (Wildman–Crippen LogP) is 3.49. The number of aliphatic hydroxyl groups is 2. The van der Waals surface area contributed by atoms with E-state index in [-0.39, 0.29) is 42.2 Å². The van der Waals surface area contributed by atoms with Crippen LogP contribution >= 0.6 is 11.6 Å². The van der Waals surface area contributed by atoms with Crippen molar-refractivity contribution in [3.63, 3.8) is 0 Å². The molecule has 0 amide bonds. The van der Waals surface area contributed by atoms with Crippen molar-refractivity contribution in [1.29, 1.82) is 0 Å². The van der Waals surface area contributed by atoms with E-state index < -0.39 is 5.78 Å². The van der Waals surface area contributed by atoms with Crippen molar-refractivity contribution in [2.75, 3.05) is 20.3 Å². The number of carbonyl (C=O) groups excluding carboxylic acids is 1. The first-order chi connectivity index (χ1) is 15.0. The Balaban J connectivity index is 1.79. The van der Waals surface area contributed by atoms with Crippen LogP contribution in [-0.4, -0.2) is 51.6 Å². The molecule has 0 bridgehead atoms. The van der Waals surface area contributed by atoms with Crippen LogP contribution in [0.25, 0.3) is 22.0 Å². The number of H-pyrrole nitrogens is 1. The highest BCUT2D eigenvalue weighted by atomic mass is 35.5. The minimum absolute atomic E-state index is 0.0314. The first kappa shape index (κ1) is 20.9. The molecule has 0 aliphatic rings. The first-order valence-corrected chi connectivity index (χ1v) is 9.76. The molecule has 0 aliphatic heterocycles. The van der Waals surface area contributed by atoms with Gasteiger partial charge >= 0.3 is 0 Å². The van der Waals surface area contributed by atoms with Crippen molar-refractivity contribution in [1.82, 2.24) is 10.1 Å². The summed E-state index contributed by atoms with van der Waals surface area (Å²) in [5.74, 6) is -1.16. The van der Waals surface area contributed by atoms with Gasteiger partial charge < -0.3 is 29.6 Å². The van der Waals surface area contributed by atoms with E-state index in [2.05, 4.69) is 10.1 Å². The molecule has 8 nitrogen and oxygen atoms in total. The lowest BCUT2D eigenvalue weighted by atomic mass is 9.96. The van der Waals surface area contributed by atoms with Gasteiger partial charge in [0.15, 0.2) is 0 Å². The molecule has 4 N–H and O–H groups in total. The number of methoxy groups -OCH3 is 1. The topological polar surface area (TPSA) is 129 Å². The van der Waals surface area contributed by atoms with Crippen molar-refractivity contribution in [2.24, 2.45) is 0 Å². The Morgan fingerprint density at radius 3 is 2.52 bits per heavy atom. The molecule has 0 spiro atoms. The second kappa shape index (κ2) is 8.43. The van der Waals surface area contributed by atoms with Gasteiger partial charge in [-0.25, -0.2) is 0 Å². The van der Waals surface area contributed by atoms with Crippen LogP contribution in [0.5, 0.6) is 11.8 Å². The molecule has 2 aromatic carbocycles. The van der Waals surface area contributed by atoms with Crippen LogP contribution in [0.15, 0.2) is 47.0 Å². The fraction of sp³-hybridized carbons (Fsp3) is 0.182. The number of nitrogens with zero attached hydrogens (tertiary/aromatic N) is 1. The average Bonchev–Trinajstić information content (AvgIpc) is 3.38. The number of nitrogens with one attached hydrogen (secondary N) is 1. The summed E-state index contributed by atoms with van der Waals surface area (Å²) in [6.45, 7) is -0.327. The van der Waals surface area contributed by atoms with Gasteiger partial charge in [0, 0.05) is 16.9 Å². The van der Waals surface area contributed by atoms with Gasteiger partial charge in [-0.2, -0.15) is 0 Å². The number of rotatable bonds is 7. The Bertz CT molecular complexity index is 1240. The van der Waals surface area contributed by atoms with E-state index in [1.165, 1.54) is 13.2 Å². The van der Waals surface area contributed by atoms with E-state index in [1.807, 2.05) is 12.1 Å². The van der Waals surface area contributed by atoms with Crippen LogP contribution in [0.3, 0.4) is 0 Å². The molecular formula is C22H19ClN2O6. The Hall–Kier alpha value is -3.33. The Morgan fingerprint density at radius 2 is 1.90 bits per heavy atom. The summed E-state index contributed by atoms with van der Waals surface area (Å²) in [5, 5.41) is 33.6. The van der Waals surface area contributed by atoms with Gasteiger partial charge in [-0.15, -0.1) is 0 Å². The van der Waals surface area contributed by atoms with Crippen LogP contribution in [0.1, 0.15) is 27.6 Å². The predicted molar refractivity (Wildman–Crippen MR) is 114 cm³/mol. The molecule has 2 heterocycles. The minimum Gasteiger partial charge on any atom is -0.494 e. The summed E-state index contributed by atoms with van der Waals surface area (Å²) in [7, 11) is 1.40. The van der Waals surface area contributed by atoms with Gasteiger partial charge in [0.1, 0.15) is 0 Å².